The molecule has 9 heteroatoms. The van der Waals surface area contributed by atoms with Gasteiger partial charge in [-0.05, 0) is 77.0 Å². The molecule has 0 aliphatic rings. The summed E-state index contributed by atoms with van der Waals surface area (Å²) in [5.41, 5.74) is 4.56. The van der Waals surface area contributed by atoms with E-state index < -0.39 is 11.9 Å². The number of carbonyl (C=O) groups is 2. The quantitative estimate of drug-likeness (QED) is 0.0837. The Hall–Kier alpha value is -4.36. The van der Waals surface area contributed by atoms with E-state index in [2.05, 4.69) is 10.5 Å². The molecule has 5 aromatic rings. The highest BCUT2D eigenvalue weighted by Crippen LogP contribution is 2.29. The largest absolute Gasteiger partial charge is 0.489 e. The molecule has 0 atom stereocenters. The van der Waals surface area contributed by atoms with Gasteiger partial charge in [0, 0.05) is 21.2 Å². The molecule has 5 aromatic carbocycles. The number of ether oxygens (including phenoxy) is 2. The van der Waals surface area contributed by atoms with Gasteiger partial charge in [-0.25, -0.2) is 10.2 Å². The van der Waals surface area contributed by atoms with E-state index >= 15 is 0 Å². The molecule has 41 heavy (non-hydrogen) atoms. The van der Waals surface area contributed by atoms with Crippen molar-refractivity contribution in [3.8, 4) is 11.5 Å². The van der Waals surface area contributed by atoms with E-state index in [4.69, 9.17) is 44.3 Å². The Balaban J connectivity index is 1.29. The fourth-order valence-corrected chi connectivity index (χ4v) is 4.59. The summed E-state index contributed by atoms with van der Waals surface area (Å²) in [7, 11) is 0. The summed E-state index contributed by atoms with van der Waals surface area (Å²) >= 11 is 18.1. The number of esters is 1. The number of nitrogens with zero attached hydrogens (tertiary/aromatic N) is 1. The molecule has 0 saturated heterocycles. The third-order valence-electron chi connectivity index (χ3n) is 6.08. The Kier molecular flexibility index (Phi) is 8.85. The first-order valence-electron chi connectivity index (χ1n) is 12.4. The van der Waals surface area contributed by atoms with E-state index in [0.717, 1.165) is 16.3 Å². The molecule has 0 aromatic heterocycles. The molecule has 0 bridgehead atoms. The summed E-state index contributed by atoms with van der Waals surface area (Å²) in [6.45, 7) is 0.370. The second-order valence-electron chi connectivity index (χ2n) is 8.85. The Morgan fingerprint density at radius 3 is 2.29 bits per heavy atom. The topological polar surface area (TPSA) is 77.0 Å². The van der Waals surface area contributed by atoms with Gasteiger partial charge in [0.1, 0.15) is 18.1 Å². The fraction of sp³-hybridized carbons (Fsp3) is 0.0312. The second kappa shape index (κ2) is 12.9. The first-order chi connectivity index (χ1) is 19.9. The van der Waals surface area contributed by atoms with Gasteiger partial charge in [0.25, 0.3) is 5.91 Å². The van der Waals surface area contributed by atoms with Crippen molar-refractivity contribution in [3.05, 3.63) is 140 Å². The van der Waals surface area contributed by atoms with Crippen molar-refractivity contribution in [2.75, 3.05) is 0 Å². The lowest BCUT2D eigenvalue weighted by Gasteiger charge is -2.11. The second-order valence-corrected chi connectivity index (χ2v) is 10.1. The van der Waals surface area contributed by atoms with Gasteiger partial charge in [-0.15, -0.1) is 0 Å². The molecule has 204 valence electrons. The average molecular weight is 604 g/mol. The van der Waals surface area contributed by atoms with Crippen molar-refractivity contribution in [3.63, 3.8) is 0 Å². The Morgan fingerprint density at radius 1 is 0.805 bits per heavy atom. The van der Waals surface area contributed by atoms with Crippen molar-refractivity contribution in [1.29, 1.82) is 0 Å². The number of benzene rings is 5. The van der Waals surface area contributed by atoms with Crippen LogP contribution in [0.4, 0.5) is 0 Å². The molecule has 0 fully saturated rings. The maximum Gasteiger partial charge on any atom is 0.345 e. The van der Waals surface area contributed by atoms with Crippen LogP contribution in [0, 0.1) is 0 Å². The number of hydrogen-bond acceptors (Lipinski definition) is 5. The van der Waals surface area contributed by atoms with Crippen LogP contribution >= 0.6 is 34.8 Å². The Morgan fingerprint density at radius 2 is 1.54 bits per heavy atom. The molecule has 5 rings (SSSR count). The number of hydrazone groups is 1. The van der Waals surface area contributed by atoms with Crippen molar-refractivity contribution in [1.82, 2.24) is 5.43 Å². The zero-order valence-electron chi connectivity index (χ0n) is 21.3. The summed E-state index contributed by atoms with van der Waals surface area (Å²) in [6, 6.07) is 29.6. The van der Waals surface area contributed by atoms with Crippen LogP contribution in [0.1, 0.15) is 31.8 Å². The highest BCUT2D eigenvalue weighted by atomic mass is 35.5. The number of carbonyl (C=O) groups excluding carboxylic acids is 2. The number of fused-ring (bicyclic) bond motifs is 1. The minimum Gasteiger partial charge on any atom is -0.489 e. The normalized spacial score (nSPS) is 11.0. The molecule has 0 unspecified atom stereocenters. The number of amides is 1. The van der Waals surface area contributed by atoms with Crippen LogP contribution in [-0.4, -0.2) is 18.1 Å². The van der Waals surface area contributed by atoms with Crippen LogP contribution in [0.3, 0.4) is 0 Å². The van der Waals surface area contributed by atoms with Gasteiger partial charge in [-0.2, -0.15) is 5.10 Å². The number of rotatable bonds is 8. The zero-order valence-corrected chi connectivity index (χ0v) is 23.6. The zero-order chi connectivity index (χ0) is 28.8. The predicted octanol–water partition coefficient (Wildman–Crippen LogP) is 8.36. The van der Waals surface area contributed by atoms with Crippen LogP contribution in [0.2, 0.25) is 15.1 Å². The smallest absolute Gasteiger partial charge is 0.345 e. The van der Waals surface area contributed by atoms with E-state index in [9.17, 15) is 9.59 Å². The summed E-state index contributed by atoms with van der Waals surface area (Å²) < 4.78 is 11.5. The molecule has 0 spiro atoms. The van der Waals surface area contributed by atoms with Crippen LogP contribution in [0.5, 0.6) is 11.5 Å². The SMILES string of the molecule is O=C(N/N=C\c1c(OC(=O)c2ccc(Cl)cc2Cl)ccc2ccccc12)c1ccc(OCc2ccc(Cl)cc2)cc1. The predicted molar refractivity (Wildman–Crippen MR) is 163 cm³/mol. The fourth-order valence-electron chi connectivity index (χ4n) is 3.98. The third-order valence-corrected chi connectivity index (χ3v) is 6.88. The molecular weight excluding hydrogens is 583 g/mol. The highest BCUT2D eigenvalue weighted by molar-refractivity contribution is 6.36. The highest BCUT2D eigenvalue weighted by Gasteiger charge is 2.16. The van der Waals surface area contributed by atoms with Crippen LogP contribution in [0.25, 0.3) is 10.8 Å². The lowest BCUT2D eigenvalue weighted by molar-refractivity contribution is 0.0734. The Labute approximate surface area is 251 Å². The molecular formula is C32H21Cl3N2O4. The van der Waals surface area contributed by atoms with Gasteiger partial charge in [-0.1, -0.05) is 77.3 Å². The molecule has 0 saturated carbocycles. The minimum absolute atomic E-state index is 0.168. The van der Waals surface area contributed by atoms with Crippen molar-refractivity contribution >= 4 is 63.7 Å². The van der Waals surface area contributed by atoms with Crippen LogP contribution in [0.15, 0.2) is 108 Å². The maximum atomic E-state index is 12.9. The van der Waals surface area contributed by atoms with Gasteiger partial charge in [-0.3, -0.25) is 4.79 Å². The summed E-state index contributed by atoms with van der Waals surface area (Å²) in [6.07, 6.45) is 1.44. The van der Waals surface area contributed by atoms with E-state index in [1.165, 1.54) is 18.3 Å². The van der Waals surface area contributed by atoms with Crippen molar-refractivity contribution in [2.45, 2.75) is 6.61 Å². The summed E-state index contributed by atoms with van der Waals surface area (Å²) in [5.74, 6) is -0.209. The third kappa shape index (κ3) is 7.05. The van der Waals surface area contributed by atoms with E-state index in [0.29, 0.717) is 33.5 Å². The molecule has 1 N–H and O–H groups in total. The van der Waals surface area contributed by atoms with Crippen molar-refractivity contribution < 1.29 is 19.1 Å². The standard InChI is InChI=1S/C32H21Cl3N2O4/c33-23-10-5-20(6-11-23)19-40-25-13-7-22(8-14-25)31(38)37-36-18-28-26-4-2-1-3-21(26)9-16-30(28)41-32(39)27-15-12-24(34)17-29(27)35/h1-18H,19H2,(H,37,38)/b36-18-. The van der Waals surface area contributed by atoms with Crippen molar-refractivity contribution in [2.24, 2.45) is 5.10 Å². The number of halogens is 3. The van der Waals surface area contributed by atoms with E-state index in [1.807, 2.05) is 42.5 Å². The molecule has 0 radical (unpaired) electrons. The van der Waals surface area contributed by atoms with Gasteiger partial charge >= 0.3 is 5.97 Å². The number of hydrogen-bond donors (Lipinski definition) is 1. The summed E-state index contributed by atoms with van der Waals surface area (Å²) in [4.78, 5) is 25.6. The van der Waals surface area contributed by atoms with Gasteiger partial charge < -0.3 is 9.47 Å². The summed E-state index contributed by atoms with van der Waals surface area (Å²) in [5, 5.41) is 7.06. The van der Waals surface area contributed by atoms with Gasteiger partial charge in [0.05, 0.1) is 16.8 Å². The van der Waals surface area contributed by atoms with Crippen LogP contribution < -0.4 is 14.9 Å². The van der Waals surface area contributed by atoms with Crippen LogP contribution in [-0.2, 0) is 6.61 Å². The van der Waals surface area contributed by atoms with Gasteiger partial charge in [0.15, 0.2) is 0 Å². The molecule has 0 heterocycles. The lowest BCUT2D eigenvalue weighted by Crippen LogP contribution is -2.17. The molecule has 0 aliphatic carbocycles. The molecule has 0 aliphatic heterocycles. The van der Waals surface area contributed by atoms with Gasteiger partial charge in [0.2, 0.25) is 0 Å². The maximum absolute atomic E-state index is 12.9. The Bertz CT molecular complexity index is 1750. The molecule has 1 amide bonds. The molecule has 6 nitrogen and oxygen atoms in total. The first-order valence-corrected chi connectivity index (χ1v) is 13.5. The first kappa shape index (κ1) is 28.2. The lowest BCUT2D eigenvalue weighted by atomic mass is 10.0. The average Bonchev–Trinajstić information content (AvgIpc) is 2.98. The van der Waals surface area contributed by atoms with E-state index in [1.54, 1.807) is 48.5 Å². The monoisotopic (exact) mass is 602 g/mol. The number of nitrogens with one attached hydrogen (secondary N) is 1. The van der Waals surface area contributed by atoms with E-state index in [-0.39, 0.29) is 16.3 Å². The minimum atomic E-state index is -0.654.